The zero-order chi connectivity index (χ0) is 12.1. The first kappa shape index (κ1) is 13.3. The molecule has 2 aliphatic rings. The Morgan fingerprint density at radius 3 is 2.53 bits per heavy atom. The zero-order valence-electron chi connectivity index (χ0n) is 11.2. The van der Waals surface area contributed by atoms with E-state index in [0.717, 1.165) is 5.92 Å². The van der Waals surface area contributed by atoms with Crippen molar-refractivity contribution in [2.24, 2.45) is 10.9 Å². The minimum atomic E-state index is 0.575. The van der Waals surface area contributed by atoms with E-state index in [1.165, 1.54) is 55.9 Å². The van der Waals surface area contributed by atoms with Gasteiger partial charge in [-0.05, 0) is 44.4 Å². The highest BCUT2D eigenvalue weighted by Gasteiger charge is 2.22. The second-order valence-electron chi connectivity index (χ2n) is 5.40. The second kappa shape index (κ2) is 6.67. The molecule has 1 fully saturated rings. The van der Waals surface area contributed by atoms with E-state index in [9.17, 15) is 0 Å². The average Bonchev–Trinajstić information content (AvgIpc) is 2.40. The predicted molar refractivity (Wildman–Crippen MR) is 77.8 cm³/mol. The fraction of sp³-hybridized carbons (Fsp3) is 0.929. The van der Waals surface area contributed by atoms with Gasteiger partial charge in [-0.1, -0.05) is 32.0 Å². The second-order valence-corrected chi connectivity index (χ2v) is 6.49. The van der Waals surface area contributed by atoms with Gasteiger partial charge < -0.3 is 5.32 Å². The van der Waals surface area contributed by atoms with Crippen molar-refractivity contribution in [3.8, 4) is 0 Å². The van der Waals surface area contributed by atoms with Crippen molar-refractivity contribution in [1.82, 2.24) is 5.32 Å². The topological polar surface area (TPSA) is 24.4 Å². The number of amidine groups is 1. The van der Waals surface area contributed by atoms with Crippen molar-refractivity contribution in [2.45, 2.75) is 70.9 Å². The molecule has 0 radical (unpaired) electrons. The molecule has 1 atom stereocenters. The summed E-state index contributed by atoms with van der Waals surface area (Å²) in [6, 6.07) is 1.27. The maximum Gasteiger partial charge on any atom is 0.157 e. The number of hydrogen-bond donors (Lipinski definition) is 1. The summed E-state index contributed by atoms with van der Waals surface area (Å²) in [7, 11) is 0. The Morgan fingerprint density at radius 2 is 1.88 bits per heavy atom. The van der Waals surface area contributed by atoms with Gasteiger partial charge in [0, 0.05) is 11.8 Å². The quantitative estimate of drug-likeness (QED) is 0.828. The molecule has 1 unspecified atom stereocenters. The van der Waals surface area contributed by atoms with Gasteiger partial charge in [0.1, 0.15) is 0 Å². The largest absolute Gasteiger partial charge is 0.362 e. The van der Waals surface area contributed by atoms with Gasteiger partial charge >= 0.3 is 0 Å². The van der Waals surface area contributed by atoms with Gasteiger partial charge in [-0.2, -0.15) is 0 Å². The van der Waals surface area contributed by atoms with Crippen LogP contribution in [0.5, 0.6) is 0 Å². The minimum absolute atomic E-state index is 0.575. The number of nitrogens with one attached hydrogen (secondary N) is 1. The van der Waals surface area contributed by atoms with Crippen LogP contribution in [0.2, 0.25) is 0 Å². The van der Waals surface area contributed by atoms with E-state index in [4.69, 9.17) is 4.99 Å². The first-order valence-corrected chi connectivity index (χ1v) is 8.27. The van der Waals surface area contributed by atoms with Gasteiger partial charge in [-0.15, -0.1) is 0 Å². The molecular weight excluding hydrogens is 228 g/mol. The lowest BCUT2D eigenvalue weighted by atomic mass is 9.85. The molecule has 1 saturated carbocycles. The number of thioether (sulfide) groups is 1. The van der Waals surface area contributed by atoms with Crippen LogP contribution < -0.4 is 5.32 Å². The maximum absolute atomic E-state index is 4.80. The summed E-state index contributed by atoms with van der Waals surface area (Å²) in [6.07, 6.45) is 9.31. The minimum Gasteiger partial charge on any atom is -0.362 e. The number of nitrogens with zero attached hydrogens (tertiary/aromatic N) is 1. The Kier molecular flexibility index (Phi) is 5.20. The van der Waals surface area contributed by atoms with E-state index in [1.54, 1.807) is 0 Å². The monoisotopic (exact) mass is 254 g/mol. The summed E-state index contributed by atoms with van der Waals surface area (Å²) in [6.45, 7) is 4.57. The molecule has 2 rings (SSSR count). The molecule has 0 bridgehead atoms. The molecule has 0 aromatic heterocycles. The lowest BCUT2D eigenvalue weighted by Gasteiger charge is -2.30. The van der Waals surface area contributed by atoms with Crippen LogP contribution in [0.4, 0.5) is 0 Å². The molecule has 0 aromatic rings. The lowest BCUT2D eigenvalue weighted by molar-refractivity contribution is 0.305. The van der Waals surface area contributed by atoms with Crippen molar-refractivity contribution in [3.63, 3.8) is 0 Å². The van der Waals surface area contributed by atoms with Crippen LogP contribution in [0.1, 0.15) is 58.8 Å². The van der Waals surface area contributed by atoms with Crippen LogP contribution in [0, 0.1) is 5.92 Å². The van der Waals surface area contributed by atoms with Crippen LogP contribution in [0.15, 0.2) is 4.99 Å². The first-order valence-electron chi connectivity index (χ1n) is 7.29. The molecule has 1 N–H and O–H groups in total. The Bertz CT molecular complexity index is 257. The summed E-state index contributed by atoms with van der Waals surface area (Å²) in [5.74, 6) is 2.23. The van der Waals surface area contributed by atoms with Crippen LogP contribution in [-0.4, -0.2) is 23.0 Å². The summed E-state index contributed by atoms with van der Waals surface area (Å²) in [4.78, 5) is 4.80. The van der Waals surface area contributed by atoms with Gasteiger partial charge in [0.25, 0.3) is 0 Å². The number of aliphatic imine (C=N–C) groups is 1. The molecule has 0 spiro atoms. The molecule has 98 valence electrons. The summed E-state index contributed by atoms with van der Waals surface area (Å²) in [5.41, 5.74) is 0. The number of hydrogen-bond acceptors (Lipinski definition) is 3. The van der Waals surface area contributed by atoms with E-state index in [0.29, 0.717) is 12.1 Å². The standard InChI is InChI=1S/C14H26N2S/c1-3-11-5-7-13(8-6-11)16-14-15-12(4-2)9-10-17-14/h11-13H,3-10H2,1-2H3,(H,15,16). The van der Waals surface area contributed by atoms with E-state index in [2.05, 4.69) is 19.2 Å². The van der Waals surface area contributed by atoms with E-state index in [1.807, 2.05) is 11.8 Å². The first-order chi connectivity index (χ1) is 8.31. The molecule has 1 aliphatic carbocycles. The fourth-order valence-electron chi connectivity index (χ4n) is 2.82. The highest BCUT2D eigenvalue weighted by atomic mass is 32.2. The van der Waals surface area contributed by atoms with Crippen LogP contribution in [0.25, 0.3) is 0 Å². The third-order valence-corrected chi connectivity index (χ3v) is 5.15. The van der Waals surface area contributed by atoms with Crippen molar-refractivity contribution in [3.05, 3.63) is 0 Å². The molecule has 3 heteroatoms. The van der Waals surface area contributed by atoms with Gasteiger partial charge in [0.2, 0.25) is 0 Å². The molecule has 0 amide bonds. The molecule has 0 saturated heterocycles. The molecule has 1 aliphatic heterocycles. The Morgan fingerprint density at radius 1 is 1.12 bits per heavy atom. The van der Waals surface area contributed by atoms with Crippen molar-refractivity contribution in [2.75, 3.05) is 5.75 Å². The molecular formula is C14H26N2S. The van der Waals surface area contributed by atoms with Crippen molar-refractivity contribution in [1.29, 1.82) is 0 Å². The van der Waals surface area contributed by atoms with Crippen LogP contribution in [0.3, 0.4) is 0 Å². The lowest BCUT2D eigenvalue weighted by Crippen LogP contribution is -2.38. The van der Waals surface area contributed by atoms with E-state index in [-0.39, 0.29) is 0 Å². The summed E-state index contributed by atoms with van der Waals surface area (Å²) >= 11 is 1.92. The van der Waals surface area contributed by atoms with Gasteiger partial charge in [-0.3, -0.25) is 4.99 Å². The average molecular weight is 254 g/mol. The van der Waals surface area contributed by atoms with E-state index < -0.39 is 0 Å². The normalized spacial score (nSPS) is 34.2. The third-order valence-electron chi connectivity index (χ3n) is 4.21. The Hall–Kier alpha value is -0.180. The smallest absolute Gasteiger partial charge is 0.157 e. The van der Waals surface area contributed by atoms with Crippen LogP contribution >= 0.6 is 11.8 Å². The van der Waals surface area contributed by atoms with Crippen molar-refractivity contribution >= 4 is 16.9 Å². The fourth-order valence-corrected chi connectivity index (χ4v) is 3.88. The predicted octanol–water partition coefficient (Wildman–Crippen LogP) is 3.82. The molecule has 0 aromatic carbocycles. The molecule has 1 heterocycles. The summed E-state index contributed by atoms with van der Waals surface area (Å²) < 4.78 is 0. The molecule has 17 heavy (non-hydrogen) atoms. The van der Waals surface area contributed by atoms with E-state index >= 15 is 0 Å². The molecule has 2 nitrogen and oxygen atoms in total. The maximum atomic E-state index is 4.80. The number of rotatable bonds is 3. The highest BCUT2D eigenvalue weighted by Crippen LogP contribution is 2.27. The van der Waals surface area contributed by atoms with Gasteiger partial charge in [0.05, 0.1) is 6.04 Å². The van der Waals surface area contributed by atoms with Crippen molar-refractivity contribution < 1.29 is 0 Å². The Balaban J connectivity index is 1.79. The zero-order valence-corrected chi connectivity index (χ0v) is 12.1. The highest BCUT2D eigenvalue weighted by molar-refractivity contribution is 8.13. The van der Waals surface area contributed by atoms with Crippen LogP contribution in [-0.2, 0) is 0 Å². The Labute approximate surface area is 110 Å². The SMILES string of the molecule is CCC1CCC(NC2=NC(CC)CCS2)CC1. The third kappa shape index (κ3) is 3.90. The summed E-state index contributed by atoms with van der Waals surface area (Å²) in [5, 5.41) is 4.90. The van der Waals surface area contributed by atoms with Gasteiger partial charge in [0.15, 0.2) is 5.17 Å². The van der Waals surface area contributed by atoms with Gasteiger partial charge in [-0.25, -0.2) is 0 Å².